The third kappa shape index (κ3) is 6.19. The predicted octanol–water partition coefficient (Wildman–Crippen LogP) is 1.25. The topological polar surface area (TPSA) is 51.2 Å². The van der Waals surface area contributed by atoms with Crippen LogP contribution in [0.3, 0.4) is 0 Å². The first-order chi connectivity index (χ1) is 9.00. The molecule has 114 valence electrons. The zero-order valence-corrected chi connectivity index (χ0v) is 12.7. The Kier molecular flexibility index (Phi) is 7.25. The van der Waals surface area contributed by atoms with E-state index in [0.29, 0.717) is 13.2 Å². The van der Waals surface area contributed by atoms with Crippen LogP contribution in [0.1, 0.15) is 34.1 Å². The summed E-state index contributed by atoms with van der Waals surface area (Å²) in [6, 6.07) is 0. The average molecular weight is 275 g/mol. The van der Waals surface area contributed by atoms with Crippen LogP contribution in [0, 0.1) is 0 Å². The van der Waals surface area contributed by atoms with Crippen molar-refractivity contribution in [1.29, 1.82) is 0 Å². The Morgan fingerprint density at radius 3 is 2.47 bits per heavy atom. The van der Waals surface area contributed by atoms with Crippen LogP contribution in [0.2, 0.25) is 0 Å². The first-order valence-corrected chi connectivity index (χ1v) is 7.25. The van der Waals surface area contributed by atoms with Gasteiger partial charge >= 0.3 is 0 Å². The Balaban J connectivity index is 2.41. The maximum atomic E-state index is 9.29. The molecule has 0 amide bonds. The maximum Gasteiger partial charge on any atom is 0.158 e. The lowest BCUT2D eigenvalue weighted by atomic mass is 10.1. The molecule has 5 nitrogen and oxygen atoms in total. The van der Waals surface area contributed by atoms with Crippen LogP contribution in [0.25, 0.3) is 0 Å². The molecule has 1 aliphatic heterocycles. The molecule has 1 atom stereocenters. The van der Waals surface area contributed by atoms with Crippen LogP contribution >= 0.6 is 0 Å². The van der Waals surface area contributed by atoms with Gasteiger partial charge in [0.25, 0.3) is 0 Å². The summed E-state index contributed by atoms with van der Waals surface area (Å²) in [7, 11) is 0. The molecule has 0 spiro atoms. The smallest absolute Gasteiger partial charge is 0.158 e. The van der Waals surface area contributed by atoms with Gasteiger partial charge in [0.2, 0.25) is 0 Å². The third-order valence-electron chi connectivity index (χ3n) is 3.14. The number of hydrogen-bond acceptors (Lipinski definition) is 5. The van der Waals surface area contributed by atoms with Gasteiger partial charge in [0.1, 0.15) is 0 Å². The van der Waals surface area contributed by atoms with Gasteiger partial charge in [-0.1, -0.05) is 0 Å². The van der Waals surface area contributed by atoms with Crippen molar-refractivity contribution in [2.45, 2.75) is 52.1 Å². The van der Waals surface area contributed by atoms with Gasteiger partial charge in [0.15, 0.2) is 6.29 Å². The van der Waals surface area contributed by atoms with Crippen molar-refractivity contribution < 1.29 is 19.3 Å². The molecule has 1 rings (SSSR count). The summed E-state index contributed by atoms with van der Waals surface area (Å²) in [5.74, 6) is 0. The van der Waals surface area contributed by atoms with Gasteiger partial charge in [-0.2, -0.15) is 0 Å². The number of ether oxygens (including phenoxy) is 3. The van der Waals surface area contributed by atoms with Crippen molar-refractivity contribution in [3.63, 3.8) is 0 Å². The first kappa shape index (κ1) is 16.9. The number of aliphatic hydroxyl groups is 1. The second kappa shape index (κ2) is 8.17. The summed E-state index contributed by atoms with van der Waals surface area (Å²) < 4.78 is 16.9. The number of hydrogen-bond donors (Lipinski definition) is 1. The van der Waals surface area contributed by atoms with Crippen molar-refractivity contribution in [2.75, 3.05) is 39.5 Å². The molecular formula is C14H29NO4. The number of rotatable bonds is 8. The number of nitrogens with zero attached hydrogens (tertiary/aromatic N) is 1. The fraction of sp³-hybridized carbons (Fsp3) is 1.00. The van der Waals surface area contributed by atoms with Gasteiger partial charge in [-0.05, 0) is 27.7 Å². The Morgan fingerprint density at radius 2 is 1.95 bits per heavy atom. The minimum absolute atomic E-state index is 0.0697. The van der Waals surface area contributed by atoms with E-state index in [1.807, 2.05) is 13.8 Å². The lowest BCUT2D eigenvalue weighted by molar-refractivity contribution is -0.164. The van der Waals surface area contributed by atoms with Gasteiger partial charge in [0, 0.05) is 39.3 Å². The van der Waals surface area contributed by atoms with E-state index >= 15 is 0 Å². The van der Waals surface area contributed by atoms with Crippen LogP contribution in [0.15, 0.2) is 0 Å². The highest BCUT2D eigenvalue weighted by Crippen LogP contribution is 2.21. The van der Waals surface area contributed by atoms with E-state index in [2.05, 4.69) is 18.7 Å². The fourth-order valence-electron chi connectivity index (χ4n) is 2.56. The normalized spacial score (nSPS) is 24.0. The van der Waals surface area contributed by atoms with Crippen molar-refractivity contribution in [3.05, 3.63) is 0 Å². The number of aliphatic hydroxyl groups excluding tert-OH is 1. The summed E-state index contributed by atoms with van der Waals surface area (Å²) in [6.45, 7) is 12.0. The van der Waals surface area contributed by atoms with E-state index in [1.165, 1.54) is 0 Å². The van der Waals surface area contributed by atoms with Gasteiger partial charge in [0.05, 0.1) is 18.3 Å². The predicted molar refractivity (Wildman–Crippen MR) is 74.1 cm³/mol. The zero-order valence-electron chi connectivity index (χ0n) is 12.7. The summed E-state index contributed by atoms with van der Waals surface area (Å²) in [5, 5.41) is 9.29. The lowest BCUT2D eigenvalue weighted by Gasteiger charge is -2.42. The Morgan fingerprint density at radius 1 is 1.32 bits per heavy atom. The molecule has 0 aromatic carbocycles. The van der Waals surface area contributed by atoms with E-state index < -0.39 is 0 Å². The maximum absolute atomic E-state index is 9.29. The quantitative estimate of drug-likeness (QED) is 0.676. The highest BCUT2D eigenvalue weighted by Gasteiger charge is 2.33. The second-order valence-corrected chi connectivity index (χ2v) is 5.55. The molecule has 0 bridgehead atoms. The van der Waals surface area contributed by atoms with Crippen LogP contribution in [-0.4, -0.2) is 67.5 Å². The molecule has 5 heteroatoms. The third-order valence-corrected chi connectivity index (χ3v) is 3.14. The molecule has 1 unspecified atom stereocenters. The van der Waals surface area contributed by atoms with Crippen molar-refractivity contribution >= 4 is 0 Å². The molecule has 0 aromatic rings. The van der Waals surface area contributed by atoms with Gasteiger partial charge < -0.3 is 19.3 Å². The number of morpholine rings is 1. The largest absolute Gasteiger partial charge is 0.394 e. The Labute approximate surface area is 116 Å². The van der Waals surface area contributed by atoms with Crippen molar-refractivity contribution in [3.8, 4) is 0 Å². The molecular weight excluding hydrogens is 246 g/mol. The summed E-state index contributed by atoms with van der Waals surface area (Å²) in [4.78, 5) is 2.31. The van der Waals surface area contributed by atoms with Crippen LogP contribution in [0.4, 0.5) is 0 Å². The first-order valence-electron chi connectivity index (χ1n) is 7.25. The zero-order chi connectivity index (χ0) is 14.3. The van der Waals surface area contributed by atoms with E-state index in [0.717, 1.165) is 26.1 Å². The molecule has 1 aliphatic rings. The lowest BCUT2D eigenvalue weighted by Crippen LogP contribution is -2.54. The van der Waals surface area contributed by atoms with Crippen LogP contribution in [0.5, 0.6) is 0 Å². The van der Waals surface area contributed by atoms with Crippen LogP contribution in [-0.2, 0) is 14.2 Å². The monoisotopic (exact) mass is 275 g/mol. The summed E-state index contributed by atoms with van der Waals surface area (Å²) in [5.41, 5.74) is -0.210. The minimum Gasteiger partial charge on any atom is -0.394 e. The van der Waals surface area contributed by atoms with Gasteiger partial charge in [-0.15, -0.1) is 0 Å². The molecule has 1 saturated heterocycles. The van der Waals surface area contributed by atoms with Crippen molar-refractivity contribution in [1.82, 2.24) is 4.90 Å². The molecule has 1 heterocycles. The minimum atomic E-state index is -0.210. The summed E-state index contributed by atoms with van der Waals surface area (Å²) >= 11 is 0. The van der Waals surface area contributed by atoms with Crippen LogP contribution < -0.4 is 0 Å². The Bertz CT molecular complexity index is 242. The SMILES string of the molecule is CCOC(CCN1CC(CO)OC(C)(C)C1)OCC. The second-order valence-electron chi connectivity index (χ2n) is 5.55. The van der Waals surface area contributed by atoms with Gasteiger partial charge in [-0.25, -0.2) is 0 Å². The highest BCUT2D eigenvalue weighted by atomic mass is 16.7. The Hall–Kier alpha value is -0.200. The standard InChI is InChI=1S/C14H29NO4/c1-5-17-13(18-6-2)7-8-15-9-12(10-16)19-14(3,4)11-15/h12-13,16H,5-11H2,1-4H3. The average Bonchev–Trinajstić information content (AvgIpc) is 2.34. The van der Waals surface area contributed by atoms with E-state index in [4.69, 9.17) is 14.2 Å². The fourth-order valence-corrected chi connectivity index (χ4v) is 2.56. The molecule has 0 saturated carbocycles. The molecule has 0 aromatic heterocycles. The highest BCUT2D eigenvalue weighted by molar-refractivity contribution is 4.83. The van der Waals surface area contributed by atoms with E-state index in [-0.39, 0.29) is 24.6 Å². The van der Waals surface area contributed by atoms with E-state index in [9.17, 15) is 5.11 Å². The van der Waals surface area contributed by atoms with Gasteiger partial charge in [-0.3, -0.25) is 4.90 Å². The van der Waals surface area contributed by atoms with E-state index in [1.54, 1.807) is 0 Å². The molecule has 1 N–H and O–H groups in total. The molecule has 0 radical (unpaired) electrons. The molecule has 0 aliphatic carbocycles. The molecule has 19 heavy (non-hydrogen) atoms. The summed E-state index contributed by atoms with van der Waals surface area (Å²) in [6.07, 6.45) is 0.616. The molecule has 1 fully saturated rings. The van der Waals surface area contributed by atoms with Crippen molar-refractivity contribution in [2.24, 2.45) is 0 Å².